The molecular formula is C13H16N2OS2. The van der Waals surface area contributed by atoms with Gasteiger partial charge in [0.2, 0.25) is 0 Å². The van der Waals surface area contributed by atoms with Gasteiger partial charge in [-0.05, 0) is 30.4 Å². The first-order valence-corrected chi connectivity index (χ1v) is 8.00. The van der Waals surface area contributed by atoms with E-state index >= 15 is 0 Å². The van der Waals surface area contributed by atoms with Gasteiger partial charge < -0.3 is 0 Å². The normalized spacial score (nSPS) is 17.5. The van der Waals surface area contributed by atoms with Crippen molar-refractivity contribution in [1.82, 2.24) is 5.43 Å². The topological polar surface area (TPSA) is 41.5 Å². The lowest BCUT2D eigenvalue weighted by atomic mass is 10.1. The summed E-state index contributed by atoms with van der Waals surface area (Å²) in [6.07, 6.45) is 1.19. The van der Waals surface area contributed by atoms with Gasteiger partial charge in [0.25, 0.3) is 5.91 Å². The lowest BCUT2D eigenvalue weighted by molar-refractivity contribution is -0.119. The Bertz CT molecular complexity index is 428. The second-order valence-electron chi connectivity index (χ2n) is 3.97. The van der Waals surface area contributed by atoms with Crippen molar-refractivity contribution in [3.8, 4) is 0 Å². The zero-order chi connectivity index (χ0) is 12.8. The molecule has 0 saturated carbocycles. The number of hydrogen-bond acceptors (Lipinski definition) is 4. The SMILES string of the molecule is C/C(=N\NC(=O)C1SCCCS1)c1ccccc1. The van der Waals surface area contributed by atoms with E-state index < -0.39 is 0 Å². The zero-order valence-corrected chi connectivity index (χ0v) is 11.9. The van der Waals surface area contributed by atoms with Crippen molar-refractivity contribution in [2.75, 3.05) is 11.5 Å². The molecule has 0 unspecified atom stereocenters. The van der Waals surface area contributed by atoms with E-state index in [0.29, 0.717) is 0 Å². The van der Waals surface area contributed by atoms with Crippen LogP contribution in [0.15, 0.2) is 35.4 Å². The zero-order valence-electron chi connectivity index (χ0n) is 10.3. The largest absolute Gasteiger partial charge is 0.271 e. The molecule has 96 valence electrons. The minimum absolute atomic E-state index is 0.0000175. The molecule has 1 aliphatic rings. The van der Waals surface area contributed by atoms with Crippen molar-refractivity contribution in [1.29, 1.82) is 0 Å². The lowest BCUT2D eigenvalue weighted by Gasteiger charge is -2.18. The van der Waals surface area contributed by atoms with Crippen LogP contribution in [0.25, 0.3) is 0 Å². The summed E-state index contributed by atoms with van der Waals surface area (Å²) in [5, 5.41) is 4.16. The minimum Gasteiger partial charge on any atom is -0.271 e. The maximum atomic E-state index is 11.9. The van der Waals surface area contributed by atoms with Crippen molar-refractivity contribution in [3.63, 3.8) is 0 Å². The highest BCUT2D eigenvalue weighted by Gasteiger charge is 2.21. The maximum absolute atomic E-state index is 11.9. The van der Waals surface area contributed by atoms with Crippen LogP contribution < -0.4 is 5.43 Å². The summed E-state index contributed by atoms with van der Waals surface area (Å²) in [5.41, 5.74) is 4.52. The van der Waals surface area contributed by atoms with Crippen LogP contribution in [0.5, 0.6) is 0 Å². The monoisotopic (exact) mass is 280 g/mol. The molecule has 1 saturated heterocycles. The average molecular weight is 280 g/mol. The van der Waals surface area contributed by atoms with E-state index in [9.17, 15) is 4.79 Å². The summed E-state index contributed by atoms with van der Waals surface area (Å²) in [6.45, 7) is 1.90. The standard InChI is InChI=1S/C13H16N2OS2/c1-10(11-6-3-2-4-7-11)14-15-12(16)13-17-8-5-9-18-13/h2-4,6-7,13H,5,8-9H2,1H3,(H,15,16)/b14-10+. The van der Waals surface area contributed by atoms with Gasteiger partial charge in [-0.2, -0.15) is 5.10 Å². The van der Waals surface area contributed by atoms with Gasteiger partial charge in [-0.1, -0.05) is 30.3 Å². The second kappa shape index (κ2) is 6.85. The van der Waals surface area contributed by atoms with Crippen molar-refractivity contribution in [2.24, 2.45) is 5.10 Å². The van der Waals surface area contributed by atoms with E-state index in [2.05, 4.69) is 10.5 Å². The molecule has 0 atom stereocenters. The number of carbonyl (C=O) groups excluding carboxylic acids is 1. The minimum atomic E-state index is -0.00827. The van der Waals surface area contributed by atoms with Crippen LogP contribution in [-0.4, -0.2) is 27.7 Å². The molecule has 0 aromatic heterocycles. The van der Waals surface area contributed by atoms with Crippen LogP contribution in [0.4, 0.5) is 0 Å². The van der Waals surface area contributed by atoms with Gasteiger partial charge in [0.15, 0.2) is 0 Å². The third-order valence-electron chi connectivity index (χ3n) is 2.57. The number of hydrazone groups is 1. The van der Waals surface area contributed by atoms with Crippen molar-refractivity contribution in [2.45, 2.75) is 17.9 Å². The van der Waals surface area contributed by atoms with Crippen molar-refractivity contribution >= 4 is 35.1 Å². The average Bonchev–Trinajstić information content (AvgIpc) is 2.46. The third-order valence-corrected chi connectivity index (χ3v) is 5.47. The van der Waals surface area contributed by atoms with Crippen LogP contribution in [0, 0.1) is 0 Å². The Labute approximate surface area is 116 Å². The second-order valence-corrected chi connectivity index (χ2v) is 6.69. The van der Waals surface area contributed by atoms with Crippen molar-refractivity contribution in [3.05, 3.63) is 35.9 Å². The summed E-state index contributed by atoms with van der Waals surface area (Å²) in [6, 6.07) is 9.85. The van der Waals surface area contributed by atoms with Crippen LogP contribution in [-0.2, 0) is 4.79 Å². The third kappa shape index (κ3) is 3.78. The molecule has 0 spiro atoms. The molecule has 0 bridgehead atoms. The Hall–Kier alpha value is -0.940. The van der Waals surface area contributed by atoms with E-state index in [1.54, 1.807) is 23.5 Å². The fourth-order valence-corrected chi connectivity index (χ4v) is 4.18. The summed E-state index contributed by atoms with van der Waals surface area (Å²) in [7, 11) is 0. The summed E-state index contributed by atoms with van der Waals surface area (Å²) >= 11 is 3.40. The fourth-order valence-electron chi connectivity index (χ4n) is 1.57. The summed E-state index contributed by atoms with van der Waals surface area (Å²) in [5.74, 6) is 2.12. The van der Waals surface area contributed by atoms with Crippen LogP contribution in [0.1, 0.15) is 18.9 Å². The molecule has 0 aliphatic carbocycles. The first kappa shape index (κ1) is 13.5. The smallest absolute Gasteiger partial charge is 0.263 e. The molecule has 18 heavy (non-hydrogen) atoms. The number of thioether (sulfide) groups is 2. The van der Waals surface area contributed by atoms with E-state index in [1.807, 2.05) is 37.3 Å². The summed E-state index contributed by atoms with van der Waals surface area (Å²) in [4.78, 5) is 11.9. The van der Waals surface area contributed by atoms with Gasteiger partial charge in [0.05, 0.1) is 5.71 Å². The molecule has 0 radical (unpaired) electrons. The predicted molar refractivity (Wildman–Crippen MR) is 80.1 cm³/mol. The maximum Gasteiger partial charge on any atom is 0.263 e. The Morgan fingerprint density at radius 2 is 1.94 bits per heavy atom. The molecule has 1 heterocycles. The number of rotatable bonds is 3. The molecule has 1 N–H and O–H groups in total. The fraction of sp³-hybridized carbons (Fsp3) is 0.385. The Morgan fingerprint density at radius 1 is 1.28 bits per heavy atom. The highest BCUT2D eigenvalue weighted by atomic mass is 32.2. The summed E-state index contributed by atoms with van der Waals surface area (Å²) < 4.78 is -0.00827. The van der Waals surface area contributed by atoms with Crippen LogP contribution in [0.2, 0.25) is 0 Å². The van der Waals surface area contributed by atoms with E-state index in [1.165, 1.54) is 6.42 Å². The number of nitrogens with one attached hydrogen (secondary N) is 1. The number of nitrogens with zero attached hydrogens (tertiary/aromatic N) is 1. The highest BCUT2D eigenvalue weighted by molar-refractivity contribution is 8.18. The van der Waals surface area contributed by atoms with E-state index in [0.717, 1.165) is 22.8 Å². The lowest BCUT2D eigenvalue weighted by Crippen LogP contribution is -2.29. The van der Waals surface area contributed by atoms with Crippen LogP contribution in [0.3, 0.4) is 0 Å². The van der Waals surface area contributed by atoms with E-state index in [4.69, 9.17) is 0 Å². The molecule has 3 nitrogen and oxygen atoms in total. The predicted octanol–water partition coefficient (Wildman–Crippen LogP) is 2.72. The number of hydrogen-bond donors (Lipinski definition) is 1. The Morgan fingerprint density at radius 3 is 2.61 bits per heavy atom. The first-order valence-electron chi connectivity index (χ1n) is 5.90. The van der Waals surface area contributed by atoms with Gasteiger partial charge in [-0.15, -0.1) is 23.5 Å². The number of benzene rings is 1. The molecule has 1 fully saturated rings. The quantitative estimate of drug-likeness (QED) is 0.684. The molecule has 2 rings (SSSR count). The van der Waals surface area contributed by atoms with Gasteiger partial charge in [-0.3, -0.25) is 4.79 Å². The molecule has 1 aromatic rings. The number of carbonyl (C=O) groups is 1. The van der Waals surface area contributed by atoms with Crippen molar-refractivity contribution < 1.29 is 4.79 Å². The van der Waals surface area contributed by atoms with Gasteiger partial charge in [-0.25, -0.2) is 5.43 Å². The van der Waals surface area contributed by atoms with E-state index in [-0.39, 0.29) is 10.5 Å². The molecule has 5 heteroatoms. The number of amides is 1. The first-order chi connectivity index (χ1) is 8.77. The van der Waals surface area contributed by atoms with Gasteiger partial charge in [0, 0.05) is 0 Å². The molecule has 1 amide bonds. The Kier molecular flexibility index (Phi) is 5.13. The molecule has 1 aromatic carbocycles. The highest BCUT2D eigenvalue weighted by Crippen LogP contribution is 2.30. The molecule has 1 aliphatic heterocycles. The van der Waals surface area contributed by atoms with Gasteiger partial charge >= 0.3 is 0 Å². The Balaban J connectivity index is 1.91. The van der Waals surface area contributed by atoms with Crippen LogP contribution >= 0.6 is 23.5 Å². The molecular weight excluding hydrogens is 264 g/mol. The van der Waals surface area contributed by atoms with Gasteiger partial charge in [0.1, 0.15) is 4.58 Å².